The summed E-state index contributed by atoms with van der Waals surface area (Å²) in [6, 6.07) is 3.25. The lowest BCUT2D eigenvalue weighted by Gasteiger charge is -2.08. The lowest BCUT2D eigenvalue weighted by atomic mass is 10.3. The molecule has 2 aromatic rings. The molecule has 0 N–H and O–H groups in total. The van der Waals surface area contributed by atoms with Crippen LogP contribution in [0.2, 0.25) is 10.0 Å². The van der Waals surface area contributed by atoms with E-state index in [1.165, 1.54) is 12.4 Å². The number of halogens is 4. The summed E-state index contributed by atoms with van der Waals surface area (Å²) in [5.74, 6) is 1.04. The minimum absolute atomic E-state index is 0.304. The van der Waals surface area contributed by atoms with Crippen molar-refractivity contribution in [1.82, 2.24) is 9.97 Å². The van der Waals surface area contributed by atoms with Crippen molar-refractivity contribution < 1.29 is 4.74 Å². The molecule has 0 aliphatic heterocycles. The van der Waals surface area contributed by atoms with E-state index in [0.29, 0.717) is 37.7 Å². The van der Waals surface area contributed by atoms with Crippen LogP contribution in [0.15, 0.2) is 29.0 Å². The number of nitrogens with zero attached hydrogens (tertiary/aromatic N) is 2. The highest BCUT2D eigenvalue weighted by Gasteiger charge is 2.08. The lowest BCUT2D eigenvalue weighted by Crippen LogP contribution is -1.92. The number of hydrogen-bond acceptors (Lipinski definition) is 3. The Bertz CT molecular complexity index is 563. The fraction of sp³-hybridized carbons (Fsp3) is 0.0909. The Labute approximate surface area is 127 Å². The van der Waals surface area contributed by atoms with Crippen molar-refractivity contribution in [1.29, 1.82) is 0 Å². The van der Waals surface area contributed by atoms with Gasteiger partial charge in [0.2, 0.25) is 5.88 Å². The number of hydrogen-bond donors (Lipinski definition) is 0. The van der Waals surface area contributed by atoms with Gasteiger partial charge in [0, 0.05) is 10.5 Å². The molecule has 3 nitrogen and oxygen atoms in total. The van der Waals surface area contributed by atoms with Crippen molar-refractivity contribution in [3.05, 3.63) is 44.7 Å². The van der Waals surface area contributed by atoms with E-state index in [0.717, 1.165) is 0 Å². The van der Waals surface area contributed by atoms with E-state index in [2.05, 4.69) is 25.9 Å². The highest BCUT2D eigenvalue weighted by Crippen LogP contribution is 2.35. The predicted octanol–water partition coefficient (Wildman–Crippen LogP) is 5.08. The third kappa shape index (κ3) is 3.26. The average molecular weight is 368 g/mol. The van der Waals surface area contributed by atoms with Crippen molar-refractivity contribution in [3.8, 4) is 11.6 Å². The maximum atomic E-state index is 6.03. The van der Waals surface area contributed by atoms with E-state index >= 15 is 0 Å². The van der Waals surface area contributed by atoms with Crippen LogP contribution in [0.5, 0.6) is 11.6 Å². The second-order valence-corrected chi connectivity index (χ2v) is 5.21. The first-order chi connectivity index (χ1) is 8.60. The molecule has 0 amide bonds. The van der Waals surface area contributed by atoms with Crippen molar-refractivity contribution in [2.75, 3.05) is 0 Å². The maximum absolute atomic E-state index is 6.03. The lowest BCUT2D eigenvalue weighted by molar-refractivity contribution is 0.459. The summed E-state index contributed by atoms with van der Waals surface area (Å²) in [5.41, 5.74) is 0.670. The summed E-state index contributed by atoms with van der Waals surface area (Å²) in [6.07, 6.45) is 3.01. The molecule has 0 bridgehead atoms. The average Bonchev–Trinajstić information content (AvgIpc) is 2.37. The second-order valence-electron chi connectivity index (χ2n) is 3.28. The fourth-order valence-electron chi connectivity index (χ4n) is 1.16. The van der Waals surface area contributed by atoms with Crippen LogP contribution < -0.4 is 4.74 Å². The molecule has 0 atom stereocenters. The summed E-state index contributed by atoms with van der Waals surface area (Å²) in [4.78, 5) is 8.11. The molecule has 0 saturated heterocycles. The van der Waals surface area contributed by atoms with E-state index < -0.39 is 0 Å². The highest BCUT2D eigenvalue weighted by molar-refractivity contribution is 9.10. The number of aromatic nitrogens is 2. The molecule has 7 heteroatoms. The summed E-state index contributed by atoms with van der Waals surface area (Å²) in [7, 11) is 0. The Morgan fingerprint density at radius 1 is 1.11 bits per heavy atom. The predicted molar refractivity (Wildman–Crippen MR) is 75.8 cm³/mol. The van der Waals surface area contributed by atoms with Gasteiger partial charge in [-0.25, -0.2) is 4.98 Å². The van der Waals surface area contributed by atoms with Gasteiger partial charge in [0.05, 0.1) is 34.0 Å². The number of rotatable bonds is 3. The third-order valence-electron chi connectivity index (χ3n) is 2.01. The van der Waals surface area contributed by atoms with Crippen molar-refractivity contribution in [3.63, 3.8) is 0 Å². The molecule has 0 aliphatic rings. The van der Waals surface area contributed by atoms with Gasteiger partial charge in [0.25, 0.3) is 0 Å². The van der Waals surface area contributed by atoms with Crippen LogP contribution in [-0.2, 0) is 5.88 Å². The number of alkyl halides is 1. The molecule has 0 radical (unpaired) electrons. The Balaban J connectivity index is 2.25. The highest BCUT2D eigenvalue weighted by atomic mass is 79.9. The summed E-state index contributed by atoms with van der Waals surface area (Å²) < 4.78 is 6.19. The quantitative estimate of drug-likeness (QED) is 0.560. The van der Waals surface area contributed by atoms with Gasteiger partial charge < -0.3 is 4.74 Å². The molecule has 0 saturated carbocycles. The van der Waals surface area contributed by atoms with Gasteiger partial charge in [0.1, 0.15) is 5.75 Å². The van der Waals surface area contributed by atoms with Crippen LogP contribution in [0.4, 0.5) is 0 Å². The molecule has 0 spiro atoms. The second kappa shape index (κ2) is 6.06. The summed E-state index contributed by atoms with van der Waals surface area (Å²) >= 11 is 20.9. The Morgan fingerprint density at radius 3 is 2.50 bits per heavy atom. The largest absolute Gasteiger partial charge is 0.436 e. The first-order valence-corrected chi connectivity index (χ1v) is 6.88. The van der Waals surface area contributed by atoms with Crippen LogP contribution in [0.3, 0.4) is 0 Å². The van der Waals surface area contributed by atoms with Gasteiger partial charge in [-0.2, -0.15) is 0 Å². The first kappa shape index (κ1) is 13.9. The minimum Gasteiger partial charge on any atom is -0.436 e. The third-order valence-corrected chi connectivity index (χ3v) is 3.77. The molecule has 1 aromatic heterocycles. The zero-order valence-corrected chi connectivity index (χ0v) is 12.7. The van der Waals surface area contributed by atoms with E-state index in [-0.39, 0.29) is 0 Å². The van der Waals surface area contributed by atoms with E-state index in [9.17, 15) is 0 Å². The van der Waals surface area contributed by atoms with E-state index in [4.69, 9.17) is 39.5 Å². The minimum atomic E-state index is 0.304. The van der Waals surface area contributed by atoms with Gasteiger partial charge in [-0.1, -0.05) is 23.2 Å². The zero-order chi connectivity index (χ0) is 13.1. The molecule has 18 heavy (non-hydrogen) atoms. The smallest absolute Gasteiger partial charge is 0.237 e. The fourth-order valence-corrected chi connectivity index (χ4v) is 2.13. The molecule has 1 aromatic carbocycles. The van der Waals surface area contributed by atoms with Crippen molar-refractivity contribution in [2.24, 2.45) is 0 Å². The molecular formula is C11H6BrCl3N2O. The van der Waals surface area contributed by atoms with Gasteiger partial charge in [-0.15, -0.1) is 11.6 Å². The molecule has 0 aliphatic carbocycles. The molecule has 94 valence electrons. The Kier molecular flexibility index (Phi) is 4.67. The zero-order valence-electron chi connectivity index (χ0n) is 8.83. The topological polar surface area (TPSA) is 35.0 Å². The summed E-state index contributed by atoms with van der Waals surface area (Å²) in [5, 5.41) is 0.925. The van der Waals surface area contributed by atoms with E-state index in [1.54, 1.807) is 12.1 Å². The van der Waals surface area contributed by atoms with Crippen LogP contribution in [0.25, 0.3) is 0 Å². The summed E-state index contributed by atoms with van der Waals surface area (Å²) in [6.45, 7) is 0. The molecule has 2 rings (SSSR count). The van der Waals surface area contributed by atoms with Crippen molar-refractivity contribution in [2.45, 2.75) is 5.88 Å². The number of benzene rings is 1. The van der Waals surface area contributed by atoms with E-state index in [1.807, 2.05) is 0 Å². The molecular weight excluding hydrogens is 362 g/mol. The number of ether oxygens (including phenoxy) is 1. The van der Waals surface area contributed by atoms with Gasteiger partial charge in [0.15, 0.2) is 0 Å². The van der Waals surface area contributed by atoms with Crippen LogP contribution >= 0.6 is 50.7 Å². The standard InChI is InChI=1S/C11H6BrCl3N2O/c12-7-1-9(15)10(2-8(7)14)18-11-5-16-6(3-13)4-17-11/h1-2,4-5H,3H2. The monoisotopic (exact) mass is 366 g/mol. The van der Waals surface area contributed by atoms with Gasteiger partial charge >= 0.3 is 0 Å². The molecule has 0 unspecified atom stereocenters. The van der Waals surface area contributed by atoms with Crippen LogP contribution in [0.1, 0.15) is 5.69 Å². The molecule has 0 fully saturated rings. The van der Waals surface area contributed by atoms with Gasteiger partial charge in [-0.05, 0) is 22.0 Å². The van der Waals surface area contributed by atoms with Crippen LogP contribution in [-0.4, -0.2) is 9.97 Å². The Morgan fingerprint density at radius 2 is 1.89 bits per heavy atom. The first-order valence-electron chi connectivity index (χ1n) is 4.79. The van der Waals surface area contributed by atoms with Crippen molar-refractivity contribution >= 4 is 50.7 Å². The Hall–Kier alpha value is -0.550. The maximum Gasteiger partial charge on any atom is 0.237 e. The van der Waals surface area contributed by atoms with Crippen LogP contribution in [0, 0.1) is 0 Å². The SMILES string of the molecule is ClCc1cnc(Oc2cc(Cl)c(Br)cc2Cl)cn1. The normalized spacial score (nSPS) is 10.4. The van der Waals surface area contributed by atoms with Gasteiger partial charge in [-0.3, -0.25) is 4.98 Å². The molecule has 1 heterocycles.